The molecule has 1 aliphatic rings. The van der Waals surface area contributed by atoms with Crippen molar-refractivity contribution in [1.29, 1.82) is 0 Å². The van der Waals surface area contributed by atoms with Gasteiger partial charge in [-0.25, -0.2) is 4.98 Å². The van der Waals surface area contributed by atoms with Crippen molar-refractivity contribution in [3.8, 4) is 0 Å². The second kappa shape index (κ2) is 4.87. The van der Waals surface area contributed by atoms with Crippen LogP contribution in [-0.4, -0.2) is 42.1 Å². The lowest BCUT2D eigenvalue weighted by molar-refractivity contribution is 0.176. The molecule has 1 aliphatic heterocycles. The van der Waals surface area contributed by atoms with Crippen molar-refractivity contribution >= 4 is 11.3 Å². The van der Waals surface area contributed by atoms with Crippen LogP contribution in [-0.2, 0) is 6.42 Å². The highest BCUT2D eigenvalue weighted by Gasteiger charge is 2.17. The second-order valence-corrected chi connectivity index (χ2v) is 4.74. The molecule has 2 rings (SSSR count). The molecule has 0 aliphatic carbocycles. The van der Waals surface area contributed by atoms with Crippen molar-refractivity contribution < 1.29 is 0 Å². The normalized spacial score (nSPS) is 23.9. The molecule has 1 aromatic rings. The van der Waals surface area contributed by atoms with Crippen LogP contribution in [0.25, 0.3) is 0 Å². The summed E-state index contributed by atoms with van der Waals surface area (Å²) in [7, 11) is 0. The number of thiazole rings is 1. The van der Waals surface area contributed by atoms with E-state index in [0.717, 1.165) is 26.1 Å². The summed E-state index contributed by atoms with van der Waals surface area (Å²) in [5.74, 6) is 0. The molecule has 2 heterocycles. The predicted octanol–water partition coefficient (Wildman–Crippen LogP) is 0.979. The van der Waals surface area contributed by atoms with Crippen molar-refractivity contribution in [1.82, 2.24) is 15.2 Å². The fourth-order valence-electron chi connectivity index (χ4n) is 1.83. The quantitative estimate of drug-likeness (QED) is 0.808. The van der Waals surface area contributed by atoms with E-state index >= 15 is 0 Å². The maximum absolute atomic E-state index is 4.30. The van der Waals surface area contributed by atoms with Gasteiger partial charge in [0, 0.05) is 50.2 Å². The third-order valence-electron chi connectivity index (χ3n) is 2.74. The Morgan fingerprint density at radius 3 is 3.36 bits per heavy atom. The van der Waals surface area contributed by atoms with Crippen molar-refractivity contribution in [2.24, 2.45) is 0 Å². The Kier molecular flexibility index (Phi) is 3.50. The van der Waals surface area contributed by atoms with Crippen LogP contribution in [0.1, 0.15) is 11.9 Å². The lowest BCUT2D eigenvalue weighted by Gasteiger charge is -2.33. The Morgan fingerprint density at radius 2 is 2.64 bits per heavy atom. The summed E-state index contributed by atoms with van der Waals surface area (Å²) in [6, 6.07) is 0.670. The number of hydrogen-bond acceptors (Lipinski definition) is 4. The van der Waals surface area contributed by atoms with E-state index in [-0.39, 0.29) is 0 Å². The third kappa shape index (κ3) is 2.53. The molecule has 1 atom stereocenters. The van der Waals surface area contributed by atoms with Gasteiger partial charge in [0.1, 0.15) is 0 Å². The van der Waals surface area contributed by atoms with E-state index in [4.69, 9.17) is 0 Å². The van der Waals surface area contributed by atoms with E-state index in [1.54, 1.807) is 11.3 Å². The van der Waals surface area contributed by atoms with Gasteiger partial charge in [0.05, 0.1) is 5.01 Å². The Bertz CT molecular complexity index is 260. The number of piperazine rings is 1. The summed E-state index contributed by atoms with van der Waals surface area (Å²) >= 11 is 1.76. The molecule has 78 valence electrons. The van der Waals surface area contributed by atoms with Crippen LogP contribution < -0.4 is 5.32 Å². The molecule has 0 aromatic carbocycles. The lowest BCUT2D eigenvalue weighted by atomic mass is 10.2. The molecule has 1 N–H and O–H groups in total. The number of nitrogens with zero attached hydrogens (tertiary/aromatic N) is 2. The molecule has 0 bridgehead atoms. The molecule has 1 saturated heterocycles. The first-order valence-electron chi connectivity index (χ1n) is 5.19. The molecule has 0 saturated carbocycles. The standard InChI is InChI=1S/C10H17N3S/c1-9-8-11-3-6-13(9)5-2-10-12-4-7-14-10/h4,7,9,11H,2-3,5-6,8H2,1H3. The highest BCUT2D eigenvalue weighted by molar-refractivity contribution is 7.09. The molecular weight excluding hydrogens is 194 g/mol. The Morgan fingerprint density at radius 1 is 1.71 bits per heavy atom. The van der Waals surface area contributed by atoms with Gasteiger partial charge in [-0.2, -0.15) is 0 Å². The summed E-state index contributed by atoms with van der Waals surface area (Å²) < 4.78 is 0. The summed E-state index contributed by atoms with van der Waals surface area (Å²) in [6.07, 6.45) is 2.99. The van der Waals surface area contributed by atoms with Gasteiger partial charge in [-0.05, 0) is 6.92 Å². The van der Waals surface area contributed by atoms with Gasteiger partial charge in [0.2, 0.25) is 0 Å². The van der Waals surface area contributed by atoms with Crippen LogP contribution in [0.4, 0.5) is 0 Å². The number of hydrogen-bond donors (Lipinski definition) is 1. The molecule has 0 radical (unpaired) electrons. The average molecular weight is 211 g/mol. The van der Waals surface area contributed by atoms with E-state index in [9.17, 15) is 0 Å². The molecule has 14 heavy (non-hydrogen) atoms. The zero-order valence-electron chi connectivity index (χ0n) is 8.57. The fraction of sp³-hybridized carbons (Fsp3) is 0.700. The Balaban J connectivity index is 1.79. The molecule has 1 fully saturated rings. The third-order valence-corrected chi connectivity index (χ3v) is 3.57. The van der Waals surface area contributed by atoms with E-state index in [1.165, 1.54) is 11.6 Å². The maximum Gasteiger partial charge on any atom is 0.0937 e. The summed E-state index contributed by atoms with van der Waals surface area (Å²) in [4.78, 5) is 6.84. The highest BCUT2D eigenvalue weighted by atomic mass is 32.1. The minimum atomic E-state index is 0.670. The summed E-state index contributed by atoms with van der Waals surface area (Å²) in [6.45, 7) is 6.86. The molecule has 0 spiro atoms. The highest BCUT2D eigenvalue weighted by Crippen LogP contribution is 2.08. The topological polar surface area (TPSA) is 28.2 Å². The number of aromatic nitrogens is 1. The first-order valence-corrected chi connectivity index (χ1v) is 6.07. The average Bonchev–Trinajstić information content (AvgIpc) is 2.69. The van der Waals surface area contributed by atoms with Crippen LogP contribution in [0.2, 0.25) is 0 Å². The van der Waals surface area contributed by atoms with Crippen LogP contribution >= 0.6 is 11.3 Å². The predicted molar refractivity (Wildman–Crippen MR) is 59.7 cm³/mol. The van der Waals surface area contributed by atoms with E-state index in [0.29, 0.717) is 6.04 Å². The minimum Gasteiger partial charge on any atom is -0.314 e. The molecular formula is C10H17N3S. The van der Waals surface area contributed by atoms with Crippen molar-refractivity contribution in [3.63, 3.8) is 0 Å². The lowest BCUT2D eigenvalue weighted by Crippen LogP contribution is -2.50. The largest absolute Gasteiger partial charge is 0.314 e. The first-order chi connectivity index (χ1) is 6.86. The van der Waals surface area contributed by atoms with Crippen LogP contribution in [0, 0.1) is 0 Å². The van der Waals surface area contributed by atoms with Crippen molar-refractivity contribution in [2.75, 3.05) is 26.2 Å². The molecule has 1 aromatic heterocycles. The van der Waals surface area contributed by atoms with E-state index < -0.39 is 0 Å². The van der Waals surface area contributed by atoms with Crippen molar-refractivity contribution in [3.05, 3.63) is 16.6 Å². The Hall–Kier alpha value is -0.450. The van der Waals surface area contributed by atoms with Gasteiger partial charge >= 0.3 is 0 Å². The molecule has 4 heteroatoms. The Labute approximate surface area is 89.1 Å². The van der Waals surface area contributed by atoms with E-state index in [1.807, 2.05) is 6.20 Å². The number of rotatable bonds is 3. The minimum absolute atomic E-state index is 0.670. The fourth-order valence-corrected chi connectivity index (χ4v) is 2.44. The maximum atomic E-state index is 4.30. The van der Waals surface area contributed by atoms with Crippen LogP contribution in [0.5, 0.6) is 0 Å². The molecule has 0 amide bonds. The van der Waals surface area contributed by atoms with Crippen LogP contribution in [0.15, 0.2) is 11.6 Å². The van der Waals surface area contributed by atoms with Gasteiger partial charge in [-0.1, -0.05) is 0 Å². The van der Waals surface area contributed by atoms with Crippen molar-refractivity contribution in [2.45, 2.75) is 19.4 Å². The first kappa shape index (κ1) is 10.1. The zero-order chi connectivity index (χ0) is 9.80. The van der Waals surface area contributed by atoms with Gasteiger partial charge in [0.15, 0.2) is 0 Å². The number of nitrogens with one attached hydrogen (secondary N) is 1. The van der Waals surface area contributed by atoms with Gasteiger partial charge in [-0.15, -0.1) is 11.3 Å². The molecule has 1 unspecified atom stereocenters. The molecule has 3 nitrogen and oxygen atoms in total. The van der Waals surface area contributed by atoms with Gasteiger partial charge < -0.3 is 5.32 Å². The summed E-state index contributed by atoms with van der Waals surface area (Å²) in [5, 5.41) is 6.72. The SMILES string of the molecule is CC1CNCCN1CCc1nccs1. The van der Waals surface area contributed by atoms with Gasteiger partial charge in [0.25, 0.3) is 0 Å². The second-order valence-electron chi connectivity index (χ2n) is 3.76. The zero-order valence-corrected chi connectivity index (χ0v) is 9.39. The summed E-state index contributed by atoms with van der Waals surface area (Å²) in [5.41, 5.74) is 0. The van der Waals surface area contributed by atoms with E-state index in [2.05, 4.69) is 27.5 Å². The van der Waals surface area contributed by atoms with Gasteiger partial charge in [-0.3, -0.25) is 4.90 Å². The monoisotopic (exact) mass is 211 g/mol. The smallest absolute Gasteiger partial charge is 0.0937 e. The van der Waals surface area contributed by atoms with Crippen LogP contribution in [0.3, 0.4) is 0 Å².